The highest BCUT2D eigenvalue weighted by atomic mass is 32.2. The van der Waals surface area contributed by atoms with E-state index in [0.29, 0.717) is 16.8 Å². The molecule has 1 aliphatic carbocycles. The number of aromatic nitrogens is 1. The monoisotopic (exact) mass is 630 g/mol. The SMILES string of the molecule is O=C(Nc1cccc(SCC(=O)n2c3c(c4ccccc42)CCCC3)c1)/C(=C/c1ccc([N+](=O)[O-])cc1)NC(=O)c1ccccc1. The largest absolute Gasteiger partial charge is 0.321 e. The summed E-state index contributed by atoms with van der Waals surface area (Å²) in [6.07, 6.45) is 5.52. The lowest BCUT2D eigenvalue weighted by molar-refractivity contribution is -0.384. The molecule has 1 heterocycles. The van der Waals surface area contributed by atoms with Gasteiger partial charge in [-0.2, -0.15) is 0 Å². The van der Waals surface area contributed by atoms with Crippen molar-refractivity contribution in [2.24, 2.45) is 0 Å². The number of nitrogens with one attached hydrogen (secondary N) is 2. The highest BCUT2D eigenvalue weighted by molar-refractivity contribution is 8.00. The molecule has 0 unspecified atom stereocenters. The van der Waals surface area contributed by atoms with Gasteiger partial charge in [0.1, 0.15) is 5.70 Å². The van der Waals surface area contributed by atoms with Crippen molar-refractivity contribution in [3.8, 4) is 0 Å². The molecule has 9 nitrogen and oxygen atoms in total. The van der Waals surface area contributed by atoms with Gasteiger partial charge in [0.05, 0.1) is 16.2 Å². The molecule has 4 aromatic carbocycles. The molecule has 46 heavy (non-hydrogen) atoms. The van der Waals surface area contributed by atoms with Crippen molar-refractivity contribution in [3.05, 3.63) is 141 Å². The molecule has 5 aromatic rings. The Morgan fingerprint density at radius 3 is 2.39 bits per heavy atom. The maximum absolute atomic E-state index is 13.6. The minimum absolute atomic E-state index is 0.00994. The number of thioether (sulfide) groups is 1. The molecule has 0 spiro atoms. The minimum atomic E-state index is -0.578. The molecule has 1 aliphatic rings. The van der Waals surface area contributed by atoms with Gasteiger partial charge in [-0.05, 0) is 91.4 Å². The molecule has 0 aliphatic heterocycles. The number of carbonyl (C=O) groups is 3. The number of nitrogens with zero attached hydrogens (tertiary/aromatic N) is 2. The van der Waals surface area contributed by atoms with Gasteiger partial charge >= 0.3 is 0 Å². The van der Waals surface area contributed by atoms with Gasteiger partial charge in [0.2, 0.25) is 5.91 Å². The number of carbonyl (C=O) groups excluding carboxylic acids is 3. The number of rotatable bonds is 9. The lowest BCUT2D eigenvalue weighted by atomic mass is 9.96. The Labute approximate surface area is 269 Å². The number of benzene rings is 4. The molecule has 0 atom stereocenters. The number of non-ortho nitro benzene ring substituents is 1. The number of hydrogen-bond donors (Lipinski definition) is 2. The molecular weight excluding hydrogens is 600 g/mol. The Morgan fingerprint density at radius 1 is 0.870 bits per heavy atom. The molecule has 230 valence electrons. The van der Waals surface area contributed by atoms with E-state index in [9.17, 15) is 24.5 Å². The lowest BCUT2D eigenvalue weighted by Crippen LogP contribution is -2.30. The van der Waals surface area contributed by atoms with Crippen LogP contribution < -0.4 is 10.6 Å². The van der Waals surface area contributed by atoms with Crippen molar-refractivity contribution in [2.75, 3.05) is 11.1 Å². The van der Waals surface area contributed by atoms with Crippen molar-refractivity contribution in [2.45, 2.75) is 30.6 Å². The van der Waals surface area contributed by atoms with Gasteiger partial charge in [-0.3, -0.25) is 29.1 Å². The summed E-state index contributed by atoms with van der Waals surface area (Å²) >= 11 is 1.39. The lowest BCUT2D eigenvalue weighted by Gasteiger charge is -2.15. The zero-order chi connectivity index (χ0) is 32.0. The summed E-state index contributed by atoms with van der Waals surface area (Å²) in [5.74, 6) is -0.825. The van der Waals surface area contributed by atoms with Crippen LogP contribution in [-0.4, -0.2) is 33.0 Å². The van der Waals surface area contributed by atoms with Crippen LogP contribution in [0.4, 0.5) is 11.4 Å². The van der Waals surface area contributed by atoms with Crippen LogP contribution in [0.5, 0.6) is 0 Å². The van der Waals surface area contributed by atoms with Gasteiger partial charge in [0, 0.05) is 39.4 Å². The van der Waals surface area contributed by atoms with Crippen molar-refractivity contribution < 1.29 is 19.3 Å². The van der Waals surface area contributed by atoms with E-state index in [2.05, 4.69) is 16.7 Å². The summed E-state index contributed by atoms with van der Waals surface area (Å²) in [6.45, 7) is 0. The van der Waals surface area contributed by atoms with Crippen LogP contribution in [0.2, 0.25) is 0 Å². The van der Waals surface area contributed by atoms with Crippen LogP contribution in [0.3, 0.4) is 0 Å². The Bertz CT molecular complexity index is 1980. The molecule has 0 fully saturated rings. The predicted molar refractivity (Wildman–Crippen MR) is 180 cm³/mol. The standard InChI is InChI=1S/C36H30N4O5S/c41-34(39-32-15-6-4-13-29(32)30-14-5-7-16-33(30)39)23-46-28-12-8-11-26(22-28)37-36(43)31(38-35(42)25-9-2-1-3-10-25)21-24-17-19-27(20-18-24)40(44)45/h1-4,6,8-13,15,17-22H,5,7,14,16,23H2,(H,37,43)(H,38,42)/b31-21-. The number of nitro groups is 1. The van der Waals surface area contributed by atoms with E-state index < -0.39 is 16.7 Å². The molecule has 0 bridgehead atoms. The summed E-state index contributed by atoms with van der Waals surface area (Å²) in [5, 5.41) is 17.7. The molecule has 0 radical (unpaired) electrons. The summed E-state index contributed by atoms with van der Waals surface area (Å²) in [6, 6.07) is 29.4. The van der Waals surface area contributed by atoms with Crippen LogP contribution in [0.1, 0.15) is 44.8 Å². The Hall–Kier alpha value is -5.48. The number of para-hydroxylation sites is 1. The van der Waals surface area contributed by atoms with Crippen LogP contribution in [-0.2, 0) is 17.6 Å². The maximum Gasteiger partial charge on any atom is 0.272 e. The van der Waals surface area contributed by atoms with Gasteiger partial charge < -0.3 is 10.6 Å². The van der Waals surface area contributed by atoms with Gasteiger partial charge in [0.15, 0.2) is 0 Å². The second-order valence-corrected chi connectivity index (χ2v) is 11.9. The molecular formula is C36H30N4O5S. The number of anilines is 1. The number of amides is 2. The Kier molecular flexibility index (Phi) is 9.07. The number of nitro benzene ring substituents is 1. The summed E-state index contributed by atoms with van der Waals surface area (Å²) in [4.78, 5) is 51.4. The van der Waals surface area contributed by atoms with Gasteiger partial charge in [0.25, 0.3) is 17.5 Å². The van der Waals surface area contributed by atoms with E-state index in [1.807, 2.05) is 28.8 Å². The highest BCUT2D eigenvalue weighted by Crippen LogP contribution is 2.33. The molecule has 2 amide bonds. The van der Waals surface area contributed by atoms with E-state index in [0.717, 1.165) is 47.2 Å². The average Bonchev–Trinajstić information content (AvgIpc) is 3.42. The predicted octanol–water partition coefficient (Wildman–Crippen LogP) is 7.27. The number of fused-ring (bicyclic) bond motifs is 3. The van der Waals surface area contributed by atoms with Crippen LogP contribution in [0, 0.1) is 10.1 Å². The highest BCUT2D eigenvalue weighted by Gasteiger charge is 2.23. The quantitative estimate of drug-likeness (QED) is 0.0764. The van der Waals surface area contributed by atoms with Gasteiger partial charge in [-0.25, -0.2) is 0 Å². The molecule has 2 N–H and O–H groups in total. The van der Waals surface area contributed by atoms with Crippen molar-refractivity contribution in [3.63, 3.8) is 0 Å². The third kappa shape index (κ3) is 6.77. The van der Waals surface area contributed by atoms with Gasteiger partial charge in [-0.1, -0.05) is 42.5 Å². The van der Waals surface area contributed by atoms with E-state index >= 15 is 0 Å². The van der Waals surface area contributed by atoms with E-state index in [4.69, 9.17) is 0 Å². The average molecular weight is 631 g/mol. The minimum Gasteiger partial charge on any atom is -0.321 e. The Morgan fingerprint density at radius 2 is 1.61 bits per heavy atom. The second kappa shape index (κ2) is 13.7. The topological polar surface area (TPSA) is 123 Å². The maximum atomic E-state index is 13.6. The first-order chi connectivity index (χ1) is 22.4. The second-order valence-electron chi connectivity index (χ2n) is 10.9. The third-order valence-electron chi connectivity index (χ3n) is 7.83. The smallest absolute Gasteiger partial charge is 0.272 e. The molecule has 0 saturated carbocycles. The molecule has 1 aromatic heterocycles. The van der Waals surface area contributed by atoms with E-state index in [1.165, 1.54) is 47.7 Å². The zero-order valence-electron chi connectivity index (χ0n) is 24.8. The summed E-state index contributed by atoms with van der Waals surface area (Å²) in [5.41, 5.74) is 4.55. The van der Waals surface area contributed by atoms with Crippen LogP contribution >= 0.6 is 11.8 Å². The first-order valence-electron chi connectivity index (χ1n) is 14.9. The third-order valence-corrected chi connectivity index (χ3v) is 8.80. The van der Waals surface area contributed by atoms with E-state index in [-0.39, 0.29) is 23.0 Å². The zero-order valence-corrected chi connectivity index (χ0v) is 25.6. The van der Waals surface area contributed by atoms with Gasteiger partial charge in [-0.15, -0.1) is 11.8 Å². The van der Waals surface area contributed by atoms with Crippen LogP contribution in [0.25, 0.3) is 17.0 Å². The van der Waals surface area contributed by atoms with Crippen LogP contribution in [0.15, 0.2) is 114 Å². The fourth-order valence-corrected chi connectivity index (χ4v) is 6.46. The summed E-state index contributed by atoms with van der Waals surface area (Å²) in [7, 11) is 0. The first-order valence-corrected chi connectivity index (χ1v) is 15.9. The summed E-state index contributed by atoms with van der Waals surface area (Å²) < 4.78 is 1.88. The van der Waals surface area contributed by atoms with E-state index in [1.54, 1.807) is 48.5 Å². The normalized spacial score (nSPS) is 12.7. The fourth-order valence-electron chi connectivity index (χ4n) is 5.65. The first kappa shape index (κ1) is 30.5. The van der Waals surface area contributed by atoms with Crippen molar-refractivity contribution >= 4 is 57.8 Å². The Balaban J connectivity index is 1.19. The van der Waals surface area contributed by atoms with Crippen molar-refractivity contribution in [1.29, 1.82) is 0 Å². The fraction of sp³-hybridized carbons (Fsp3) is 0.139. The molecule has 6 rings (SSSR count). The van der Waals surface area contributed by atoms with Crippen molar-refractivity contribution in [1.82, 2.24) is 9.88 Å². The molecule has 10 heteroatoms. The number of hydrogen-bond acceptors (Lipinski definition) is 6. The number of aryl methyl sites for hydroxylation is 1. The molecule has 0 saturated heterocycles.